The highest BCUT2D eigenvalue weighted by Crippen LogP contribution is 2.12. The van der Waals surface area contributed by atoms with E-state index in [9.17, 15) is 8.42 Å². The highest BCUT2D eigenvalue weighted by Gasteiger charge is 2.10. The Hall–Kier alpha value is -0.620. The molecule has 6 heteroatoms. The molecule has 74 valence electrons. The maximum atomic E-state index is 10.6. The number of halogens is 1. The summed E-state index contributed by atoms with van der Waals surface area (Å²) in [6.45, 7) is 1.63. The van der Waals surface area contributed by atoms with Gasteiger partial charge in [0.25, 0.3) is 10.1 Å². The van der Waals surface area contributed by atoms with Gasteiger partial charge in [-0.2, -0.15) is 8.42 Å². The van der Waals surface area contributed by atoms with Crippen LogP contribution in [0.4, 0.5) is 0 Å². The fraction of sp³-hybridized carbons (Fsp3) is 0.143. The van der Waals surface area contributed by atoms with Crippen molar-refractivity contribution in [1.29, 1.82) is 0 Å². The second kappa shape index (κ2) is 5.18. The van der Waals surface area contributed by atoms with Crippen molar-refractivity contribution in [2.45, 2.75) is 11.8 Å². The zero-order chi connectivity index (χ0) is 10.5. The van der Waals surface area contributed by atoms with E-state index in [-0.39, 0.29) is 4.90 Å². The molecule has 0 aromatic heterocycles. The lowest BCUT2D eigenvalue weighted by Crippen LogP contribution is -1.99. The molecule has 1 rings (SSSR count). The van der Waals surface area contributed by atoms with E-state index in [1.54, 1.807) is 25.1 Å². The van der Waals surface area contributed by atoms with Gasteiger partial charge in [-0.1, -0.05) is 18.2 Å². The Labute approximate surface area is 82.2 Å². The molecule has 0 saturated carbocycles. The summed E-state index contributed by atoms with van der Waals surface area (Å²) in [5, 5.41) is 3.97. The minimum Gasteiger partial charge on any atom is -0.282 e. The minimum atomic E-state index is -4.03. The van der Waals surface area contributed by atoms with Crippen LogP contribution in [0.2, 0.25) is 0 Å². The van der Waals surface area contributed by atoms with Gasteiger partial charge < -0.3 is 0 Å². The monoisotopic (exact) mass is 223 g/mol. The summed E-state index contributed by atoms with van der Waals surface area (Å²) in [5.41, 5.74) is 0.551. The first kappa shape index (κ1) is 12.4. The van der Waals surface area contributed by atoms with Crippen LogP contribution in [-0.4, -0.2) is 13.0 Å². The molecule has 0 heterocycles. The molecular formula is C7H10ClNO3S. The van der Waals surface area contributed by atoms with E-state index in [1.165, 1.54) is 6.07 Å². The molecule has 0 aliphatic rings. The third-order valence-corrected chi connectivity index (χ3v) is 2.39. The molecule has 1 aromatic rings. The van der Waals surface area contributed by atoms with E-state index < -0.39 is 10.1 Å². The van der Waals surface area contributed by atoms with E-state index in [0.29, 0.717) is 5.56 Å². The quantitative estimate of drug-likeness (QED) is 0.556. The molecular weight excluding hydrogens is 214 g/mol. The Kier molecular flexibility index (Phi) is 4.94. The lowest BCUT2D eigenvalue weighted by Gasteiger charge is -1.99. The molecule has 0 radical (unpaired) electrons. The van der Waals surface area contributed by atoms with Crippen molar-refractivity contribution in [3.8, 4) is 0 Å². The molecule has 0 fully saturated rings. The predicted molar refractivity (Wildman–Crippen MR) is 51.0 cm³/mol. The molecule has 0 spiro atoms. The van der Waals surface area contributed by atoms with Gasteiger partial charge in [-0.15, -0.1) is 0 Å². The van der Waals surface area contributed by atoms with Gasteiger partial charge in [-0.3, -0.25) is 4.55 Å². The Morgan fingerprint density at radius 1 is 1.31 bits per heavy atom. The Morgan fingerprint density at radius 3 is 2.08 bits per heavy atom. The molecule has 0 saturated heterocycles. The molecule has 0 bridgehead atoms. The third kappa shape index (κ3) is 3.73. The van der Waals surface area contributed by atoms with E-state index >= 15 is 0 Å². The lowest BCUT2D eigenvalue weighted by atomic mass is 10.2. The Balaban J connectivity index is 0.000000671. The molecule has 4 nitrogen and oxygen atoms in total. The number of rotatable bonds is 1. The van der Waals surface area contributed by atoms with Gasteiger partial charge in [-0.25, -0.2) is 5.25 Å². The second-order valence-corrected chi connectivity index (χ2v) is 3.63. The first-order chi connectivity index (χ1) is 6.02. The summed E-state index contributed by atoms with van der Waals surface area (Å²) in [6, 6.07) is 6.27. The maximum Gasteiger partial charge on any atom is 0.294 e. The summed E-state index contributed by atoms with van der Waals surface area (Å²) in [7, 11) is -4.03. The molecule has 0 aliphatic carbocycles. The zero-order valence-corrected chi connectivity index (χ0v) is 8.51. The zero-order valence-electron chi connectivity index (χ0n) is 6.94. The average molecular weight is 224 g/mol. The van der Waals surface area contributed by atoms with E-state index in [4.69, 9.17) is 4.55 Å². The van der Waals surface area contributed by atoms with Crippen LogP contribution in [0.5, 0.6) is 0 Å². The second-order valence-electron chi connectivity index (χ2n) is 2.24. The molecule has 1 aromatic carbocycles. The maximum absolute atomic E-state index is 10.6. The van der Waals surface area contributed by atoms with Crippen LogP contribution in [0.15, 0.2) is 29.2 Å². The summed E-state index contributed by atoms with van der Waals surface area (Å²) in [4.78, 5) is -0.0278. The van der Waals surface area contributed by atoms with Crippen LogP contribution in [0, 0.1) is 6.92 Å². The van der Waals surface area contributed by atoms with Gasteiger partial charge >= 0.3 is 0 Å². The van der Waals surface area contributed by atoms with Gasteiger partial charge in [0.05, 0.1) is 4.90 Å². The smallest absolute Gasteiger partial charge is 0.282 e. The highest BCUT2D eigenvalue weighted by atomic mass is 35.5. The largest absolute Gasteiger partial charge is 0.294 e. The molecule has 0 aliphatic heterocycles. The fourth-order valence-corrected chi connectivity index (χ4v) is 1.57. The highest BCUT2D eigenvalue weighted by molar-refractivity contribution is 7.85. The SMILES string of the molecule is Cc1ccccc1S(=O)(=O)O.NCl. The van der Waals surface area contributed by atoms with E-state index in [2.05, 4.69) is 17.0 Å². The number of aryl methyl sites for hydroxylation is 1. The van der Waals surface area contributed by atoms with Crippen LogP contribution in [0.1, 0.15) is 5.56 Å². The minimum absolute atomic E-state index is 0.0278. The first-order valence-corrected chi connectivity index (χ1v) is 5.14. The molecule has 0 unspecified atom stereocenters. The lowest BCUT2D eigenvalue weighted by molar-refractivity contribution is 0.482. The first-order valence-electron chi connectivity index (χ1n) is 3.27. The van der Waals surface area contributed by atoms with Crippen molar-refractivity contribution in [2.24, 2.45) is 5.25 Å². The van der Waals surface area contributed by atoms with Gasteiger partial charge in [-0.05, 0) is 30.3 Å². The van der Waals surface area contributed by atoms with E-state index in [1.807, 2.05) is 0 Å². The van der Waals surface area contributed by atoms with E-state index in [0.717, 1.165) is 0 Å². The van der Waals surface area contributed by atoms with Crippen LogP contribution in [0.3, 0.4) is 0 Å². The molecule has 13 heavy (non-hydrogen) atoms. The van der Waals surface area contributed by atoms with Crippen LogP contribution < -0.4 is 5.25 Å². The van der Waals surface area contributed by atoms with Crippen molar-refractivity contribution in [1.82, 2.24) is 0 Å². The topological polar surface area (TPSA) is 80.4 Å². The number of hydrogen-bond donors (Lipinski definition) is 2. The normalized spacial score (nSPS) is 10.2. The van der Waals surface area contributed by atoms with Gasteiger partial charge in [0.15, 0.2) is 0 Å². The van der Waals surface area contributed by atoms with Crippen molar-refractivity contribution >= 4 is 21.9 Å². The van der Waals surface area contributed by atoms with Crippen LogP contribution in [-0.2, 0) is 10.1 Å². The summed E-state index contributed by atoms with van der Waals surface area (Å²) >= 11 is 4.14. The number of hydrogen-bond acceptors (Lipinski definition) is 3. The van der Waals surface area contributed by atoms with Crippen LogP contribution >= 0.6 is 11.8 Å². The fourth-order valence-electron chi connectivity index (χ4n) is 0.846. The van der Waals surface area contributed by atoms with Crippen molar-refractivity contribution in [3.05, 3.63) is 29.8 Å². The van der Waals surface area contributed by atoms with Crippen molar-refractivity contribution in [3.63, 3.8) is 0 Å². The average Bonchev–Trinajstić information content (AvgIpc) is 2.07. The summed E-state index contributed by atoms with van der Waals surface area (Å²) < 4.78 is 29.9. The standard InChI is InChI=1S/C7H8O3S.ClH2N/c1-6-4-2-3-5-7(6)11(8,9)10;1-2/h2-5H,1H3,(H,8,9,10);2H2. The summed E-state index contributed by atoms with van der Waals surface area (Å²) in [5.74, 6) is 0. The van der Waals surface area contributed by atoms with Gasteiger partial charge in [0, 0.05) is 0 Å². The molecule has 3 N–H and O–H groups in total. The Bertz CT molecular complexity index is 364. The van der Waals surface area contributed by atoms with Crippen LogP contribution in [0.25, 0.3) is 0 Å². The van der Waals surface area contributed by atoms with Crippen molar-refractivity contribution in [2.75, 3.05) is 0 Å². The molecule has 0 atom stereocenters. The number of nitrogens with two attached hydrogens (primary N) is 1. The summed E-state index contributed by atoms with van der Waals surface area (Å²) in [6.07, 6.45) is 0. The predicted octanol–water partition coefficient (Wildman–Crippen LogP) is 1.34. The third-order valence-electron chi connectivity index (χ3n) is 1.37. The molecule has 0 amide bonds. The number of benzene rings is 1. The van der Waals surface area contributed by atoms with Crippen molar-refractivity contribution < 1.29 is 13.0 Å². The van der Waals surface area contributed by atoms with Gasteiger partial charge in [0.2, 0.25) is 0 Å². The Morgan fingerprint density at radius 2 is 1.77 bits per heavy atom. The van der Waals surface area contributed by atoms with Gasteiger partial charge in [0.1, 0.15) is 0 Å².